The molecular weight excluding hydrogens is 420 g/mol. The quantitative estimate of drug-likeness (QED) is 0.170. The number of carbonyl (C=O) groups is 1. The molecule has 6 nitrogen and oxygen atoms in total. The number of hydrogen-bond donors (Lipinski definition) is 1. The molecule has 0 spiro atoms. The number of ketones is 1. The Labute approximate surface area is 200 Å². The Kier molecular flexibility index (Phi) is 13.5. The van der Waals surface area contributed by atoms with Crippen molar-refractivity contribution in [3.8, 4) is 0 Å². The van der Waals surface area contributed by atoms with Crippen molar-refractivity contribution < 1.29 is 28.8 Å². The second-order valence-corrected chi connectivity index (χ2v) is 9.62. The van der Waals surface area contributed by atoms with Crippen LogP contribution in [0.1, 0.15) is 97.8 Å². The predicted octanol–water partition coefficient (Wildman–Crippen LogP) is 5.62. The molecule has 6 heteroatoms. The number of rotatable bonds is 17. The summed E-state index contributed by atoms with van der Waals surface area (Å²) < 4.78 is 22.4. The second-order valence-electron chi connectivity index (χ2n) is 9.62. The second kappa shape index (κ2) is 15.8. The van der Waals surface area contributed by atoms with E-state index in [4.69, 9.17) is 18.9 Å². The molecule has 2 aliphatic rings. The van der Waals surface area contributed by atoms with Crippen molar-refractivity contribution in [2.45, 2.75) is 128 Å². The van der Waals surface area contributed by atoms with Gasteiger partial charge in [0.15, 0.2) is 17.9 Å². The van der Waals surface area contributed by atoms with E-state index in [1.54, 1.807) is 0 Å². The highest BCUT2D eigenvalue weighted by molar-refractivity contribution is 5.89. The van der Waals surface area contributed by atoms with Gasteiger partial charge in [-0.25, -0.2) is 0 Å². The molecule has 33 heavy (non-hydrogen) atoms. The summed E-state index contributed by atoms with van der Waals surface area (Å²) in [4.78, 5) is 12.5. The minimum atomic E-state index is -0.934. The van der Waals surface area contributed by atoms with E-state index in [2.05, 4.69) is 31.2 Å². The highest BCUT2D eigenvalue weighted by atomic mass is 16.8. The Morgan fingerprint density at radius 2 is 1.67 bits per heavy atom. The molecule has 2 aliphatic heterocycles. The normalized spacial score (nSPS) is 26.2. The van der Waals surface area contributed by atoms with Gasteiger partial charge in [0.05, 0.1) is 13.2 Å². The first-order valence-electron chi connectivity index (χ1n) is 13.0. The Bertz CT molecular complexity index is 599. The monoisotopic (exact) mass is 466 g/mol. The fraction of sp³-hybridized carbons (Fsp3) is 0.815. The number of carbonyl (C=O) groups excluding carboxylic acids is 1. The topological polar surface area (TPSA) is 74.2 Å². The highest BCUT2D eigenvalue weighted by Crippen LogP contribution is 2.29. The van der Waals surface area contributed by atoms with Crippen LogP contribution in [0.15, 0.2) is 24.3 Å². The number of unbranched alkanes of at least 4 members (excludes halogenated alkanes) is 8. The fourth-order valence-corrected chi connectivity index (χ4v) is 4.19. The van der Waals surface area contributed by atoms with Crippen LogP contribution in [0.5, 0.6) is 0 Å². The van der Waals surface area contributed by atoms with Crippen LogP contribution in [-0.4, -0.2) is 54.5 Å². The number of ether oxygens (including phenoxy) is 4. The summed E-state index contributed by atoms with van der Waals surface area (Å²) in [5.74, 6) is -0.867. The van der Waals surface area contributed by atoms with Gasteiger partial charge in [0.2, 0.25) is 0 Å². The van der Waals surface area contributed by atoms with Crippen molar-refractivity contribution in [2.75, 3.05) is 13.2 Å². The van der Waals surface area contributed by atoms with E-state index < -0.39 is 30.4 Å². The van der Waals surface area contributed by atoms with Gasteiger partial charge in [-0.3, -0.25) is 4.79 Å². The molecule has 1 N–H and O–H groups in total. The molecule has 0 radical (unpaired) electrons. The van der Waals surface area contributed by atoms with E-state index in [-0.39, 0.29) is 12.4 Å². The van der Waals surface area contributed by atoms with Crippen LogP contribution in [0.3, 0.4) is 0 Å². The lowest BCUT2D eigenvalue weighted by molar-refractivity contribution is -0.160. The third-order valence-corrected chi connectivity index (χ3v) is 6.12. The average molecular weight is 467 g/mol. The molecule has 0 aromatic carbocycles. The van der Waals surface area contributed by atoms with E-state index in [1.165, 1.54) is 38.5 Å². The molecule has 0 aromatic rings. The Balaban J connectivity index is 1.44. The largest absolute Gasteiger partial charge is 0.368 e. The summed E-state index contributed by atoms with van der Waals surface area (Å²) in [5.41, 5.74) is 0. The molecule has 2 saturated heterocycles. The van der Waals surface area contributed by atoms with Gasteiger partial charge in [-0.2, -0.15) is 0 Å². The zero-order chi connectivity index (χ0) is 23.9. The number of aliphatic hydroxyl groups excluding tert-OH is 1. The van der Waals surface area contributed by atoms with E-state index in [0.29, 0.717) is 13.0 Å². The van der Waals surface area contributed by atoms with Crippen molar-refractivity contribution >= 4 is 5.78 Å². The Morgan fingerprint density at radius 3 is 2.33 bits per heavy atom. The third-order valence-electron chi connectivity index (χ3n) is 6.12. The standard InChI is InChI=1S/C27H46O6/c1-4-5-6-7-8-9-10-11-12-13-14-15-16-17-18-19-24(28)32-22-20-30-26(25(22)29)23-21-31-27(2,3)33-23/h8-9,11-12,22-24,26,28H,4-7,10,13-21H2,1-3H3. The van der Waals surface area contributed by atoms with Crippen LogP contribution in [-0.2, 0) is 23.7 Å². The summed E-state index contributed by atoms with van der Waals surface area (Å²) in [6, 6.07) is 0. The van der Waals surface area contributed by atoms with Crippen LogP contribution in [0, 0.1) is 0 Å². The summed E-state index contributed by atoms with van der Waals surface area (Å²) >= 11 is 0. The lowest BCUT2D eigenvalue weighted by Crippen LogP contribution is -2.38. The van der Waals surface area contributed by atoms with E-state index in [9.17, 15) is 9.90 Å². The number of hydrogen-bond acceptors (Lipinski definition) is 6. The summed E-state index contributed by atoms with van der Waals surface area (Å²) in [7, 11) is 0. The third kappa shape index (κ3) is 11.3. The van der Waals surface area contributed by atoms with Gasteiger partial charge in [0.25, 0.3) is 0 Å². The maximum atomic E-state index is 12.5. The summed E-state index contributed by atoms with van der Waals surface area (Å²) in [5, 5.41) is 10.2. The van der Waals surface area contributed by atoms with Gasteiger partial charge in [0, 0.05) is 0 Å². The number of allylic oxidation sites excluding steroid dienone is 4. The molecule has 190 valence electrons. The molecule has 0 aliphatic carbocycles. The van der Waals surface area contributed by atoms with Crippen LogP contribution in [0.25, 0.3) is 0 Å². The predicted molar refractivity (Wildman–Crippen MR) is 130 cm³/mol. The zero-order valence-electron chi connectivity index (χ0n) is 21.0. The molecule has 2 fully saturated rings. The first-order chi connectivity index (χ1) is 15.9. The minimum absolute atomic E-state index is 0.156. The van der Waals surface area contributed by atoms with E-state index in [1.807, 2.05) is 13.8 Å². The lowest BCUT2D eigenvalue weighted by atomic mass is 10.1. The van der Waals surface area contributed by atoms with Crippen molar-refractivity contribution in [1.82, 2.24) is 0 Å². The zero-order valence-corrected chi connectivity index (χ0v) is 21.0. The van der Waals surface area contributed by atoms with Gasteiger partial charge in [0.1, 0.15) is 18.3 Å². The maximum absolute atomic E-state index is 12.5. The van der Waals surface area contributed by atoms with Crippen molar-refractivity contribution in [3.05, 3.63) is 24.3 Å². The summed E-state index contributed by atoms with van der Waals surface area (Å²) in [6.45, 7) is 6.35. The summed E-state index contributed by atoms with van der Waals surface area (Å²) in [6.07, 6.45) is 19.7. The molecule has 0 amide bonds. The first-order valence-corrected chi connectivity index (χ1v) is 13.0. The van der Waals surface area contributed by atoms with Crippen LogP contribution in [0.4, 0.5) is 0 Å². The average Bonchev–Trinajstić information content (AvgIpc) is 3.32. The van der Waals surface area contributed by atoms with Crippen LogP contribution < -0.4 is 0 Å². The fourth-order valence-electron chi connectivity index (χ4n) is 4.19. The molecule has 4 unspecified atom stereocenters. The van der Waals surface area contributed by atoms with E-state index in [0.717, 1.165) is 32.1 Å². The van der Waals surface area contributed by atoms with Crippen molar-refractivity contribution in [2.24, 2.45) is 0 Å². The molecule has 0 saturated carbocycles. The Hall–Kier alpha value is -1.05. The molecule has 2 heterocycles. The lowest BCUT2D eigenvalue weighted by Gasteiger charge is -2.20. The van der Waals surface area contributed by atoms with Crippen molar-refractivity contribution in [3.63, 3.8) is 0 Å². The molecule has 2 rings (SSSR count). The first kappa shape index (κ1) is 28.2. The van der Waals surface area contributed by atoms with Gasteiger partial charge in [-0.15, -0.1) is 0 Å². The molecule has 0 aromatic heterocycles. The van der Waals surface area contributed by atoms with Gasteiger partial charge >= 0.3 is 0 Å². The van der Waals surface area contributed by atoms with Gasteiger partial charge in [-0.05, 0) is 58.8 Å². The SMILES string of the molecule is CCCCCC=CCC=CCCCCCCCC(O)OC1COC(C2COC(C)(C)O2)C1=O. The number of aliphatic hydroxyl groups is 1. The molecular formula is C27H46O6. The number of Topliss-reactive ketones (excluding diaryl/α,β-unsaturated/α-hetero) is 1. The minimum Gasteiger partial charge on any atom is -0.368 e. The maximum Gasteiger partial charge on any atom is 0.195 e. The molecule has 4 atom stereocenters. The highest BCUT2D eigenvalue weighted by Gasteiger charge is 2.47. The van der Waals surface area contributed by atoms with Gasteiger partial charge in [-0.1, -0.05) is 63.3 Å². The van der Waals surface area contributed by atoms with Crippen LogP contribution in [0.2, 0.25) is 0 Å². The Morgan fingerprint density at radius 1 is 1.00 bits per heavy atom. The smallest absolute Gasteiger partial charge is 0.195 e. The van der Waals surface area contributed by atoms with Crippen LogP contribution >= 0.6 is 0 Å². The van der Waals surface area contributed by atoms with Crippen molar-refractivity contribution in [1.29, 1.82) is 0 Å². The van der Waals surface area contributed by atoms with Gasteiger partial charge < -0.3 is 24.1 Å². The van der Waals surface area contributed by atoms with E-state index >= 15 is 0 Å². The molecule has 0 bridgehead atoms.